The first-order chi connectivity index (χ1) is 11.5. The van der Waals surface area contributed by atoms with Crippen molar-refractivity contribution in [1.29, 1.82) is 0 Å². The third kappa shape index (κ3) is 5.34. The molecule has 132 valence electrons. The molecule has 1 aromatic rings. The zero-order chi connectivity index (χ0) is 17.5. The minimum atomic E-state index is -0.0803. The second kappa shape index (κ2) is 8.83. The summed E-state index contributed by atoms with van der Waals surface area (Å²) in [5.41, 5.74) is 1.78. The Labute approximate surface area is 144 Å². The molecule has 0 aliphatic heterocycles. The van der Waals surface area contributed by atoms with Gasteiger partial charge in [0, 0.05) is 24.2 Å². The van der Waals surface area contributed by atoms with Crippen molar-refractivity contribution in [2.75, 3.05) is 20.6 Å². The molecule has 5 nitrogen and oxygen atoms in total. The number of likely N-dealkylation sites (N-methyl/N-ethyl adjacent to an activating group) is 1. The van der Waals surface area contributed by atoms with Crippen molar-refractivity contribution in [3.63, 3.8) is 0 Å². The molecule has 3 atom stereocenters. The summed E-state index contributed by atoms with van der Waals surface area (Å²) in [4.78, 5) is 24.9. The maximum atomic E-state index is 12.3. The van der Waals surface area contributed by atoms with Gasteiger partial charge in [-0.05, 0) is 30.9 Å². The average molecular weight is 332 g/mol. The highest BCUT2D eigenvalue weighted by atomic mass is 16.2. The molecule has 0 aromatic heterocycles. The van der Waals surface area contributed by atoms with Gasteiger partial charge < -0.3 is 15.5 Å². The van der Waals surface area contributed by atoms with Gasteiger partial charge in [-0.3, -0.25) is 9.59 Å². The molecule has 0 heterocycles. The Kier molecular flexibility index (Phi) is 6.79. The van der Waals surface area contributed by atoms with Crippen LogP contribution < -0.4 is 15.5 Å². The Morgan fingerprint density at radius 2 is 1.83 bits per heavy atom. The number of carbonyl (C=O) groups is 2. The van der Waals surface area contributed by atoms with E-state index in [1.54, 1.807) is 7.05 Å². The lowest BCUT2D eigenvalue weighted by Gasteiger charge is -2.29. The van der Waals surface area contributed by atoms with E-state index in [1.165, 1.54) is 19.3 Å². The number of rotatable bonds is 6. The highest BCUT2D eigenvalue weighted by Crippen LogP contribution is 2.23. The summed E-state index contributed by atoms with van der Waals surface area (Å²) in [6.45, 7) is 3.47. The van der Waals surface area contributed by atoms with E-state index < -0.39 is 0 Å². The van der Waals surface area contributed by atoms with Crippen molar-refractivity contribution < 1.29 is 14.5 Å². The number of carbonyl (C=O) groups excluding carboxylic acids is 2. The van der Waals surface area contributed by atoms with Crippen LogP contribution in [0.15, 0.2) is 24.3 Å². The molecule has 2 amide bonds. The Hall–Kier alpha value is -1.88. The highest BCUT2D eigenvalue weighted by Gasteiger charge is 2.23. The van der Waals surface area contributed by atoms with E-state index in [1.807, 2.05) is 31.3 Å². The van der Waals surface area contributed by atoms with Crippen LogP contribution in [0.3, 0.4) is 0 Å². The summed E-state index contributed by atoms with van der Waals surface area (Å²) in [5, 5.41) is 5.82. The minimum absolute atomic E-state index is 0.0803. The maximum absolute atomic E-state index is 12.3. The standard InChI is InChI=1S/C19H29N3O2/c1-14-6-4-5-7-17(14)21-18(23)13-22(3)12-15-8-10-16(11-9-15)19(24)20-2/h8-11,14,17H,4-7,12-13H2,1-3H3,(H,20,24)(H,21,23)/p+1/t14-,17+/m0/s1. The number of hydrogen-bond donors (Lipinski definition) is 3. The molecule has 1 unspecified atom stereocenters. The van der Waals surface area contributed by atoms with Crippen molar-refractivity contribution >= 4 is 11.8 Å². The second-order valence-electron chi connectivity index (χ2n) is 7.02. The molecular weight excluding hydrogens is 302 g/mol. The number of nitrogens with one attached hydrogen (secondary N) is 3. The lowest BCUT2D eigenvalue weighted by atomic mass is 9.86. The van der Waals surface area contributed by atoms with Crippen LogP contribution in [0.1, 0.15) is 48.5 Å². The van der Waals surface area contributed by atoms with Gasteiger partial charge in [0.2, 0.25) is 0 Å². The second-order valence-corrected chi connectivity index (χ2v) is 7.02. The van der Waals surface area contributed by atoms with Crippen LogP contribution >= 0.6 is 0 Å². The summed E-state index contributed by atoms with van der Waals surface area (Å²) in [7, 11) is 3.65. The van der Waals surface area contributed by atoms with Crippen molar-refractivity contribution in [2.24, 2.45) is 5.92 Å². The first-order valence-corrected chi connectivity index (χ1v) is 8.91. The van der Waals surface area contributed by atoms with Crippen LogP contribution in [0.25, 0.3) is 0 Å². The number of quaternary nitrogens is 1. The normalized spacial score (nSPS) is 21.8. The lowest BCUT2D eigenvalue weighted by Crippen LogP contribution is -3.09. The molecule has 0 radical (unpaired) electrons. The van der Waals surface area contributed by atoms with Gasteiger partial charge in [0.25, 0.3) is 11.8 Å². The molecule has 0 bridgehead atoms. The summed E-state index contributed by atoms with van der Waals surface area (Å²) in [6.07, 6.45) is 4.82. The lowest BCUT2D eigenvalue weighted by molar-refractivity contribution is -0.885. The Bertz CT molecular complexity index is 556. The zero-order valence-electron chi connectivity index (χ0n) is 15.0. The molecular formula is C19H30N3O2+. The first-order valence-electron chi connectivity index (χ1n) is 8.91. The fourth-order valence-corrected chi connectivity index (χ4v) is 3.39. The fraction of sp³-hybridized carbons (Fsp3) is 0.579. The fourth-order valence-electron chi connectivity index (χ4n) is 3.39. The quantitative estimate of drug-likeness (QED) is 0.720. The molecule has 0 spiro atoms. The minimum Gasteiger partial charge on any atom is -0.355 e. The summed E-state index contributed by atoms with van der Waals surface area (Å²) < 4.78 is 0. The van der Waals surface area contributed by atoms with Gasteiger partial charge in [-0.2, -0.15) is 0 Å². The van der Waals surface area contributed by atoms with E-state index in [0.29, 0.717) is 24.1 Å². The van der Waals surface area contributed by atoms with Crippen LogP contribution in [0.5, 0.6) is 0 Å². The van der Waals surface area contributed by atoms with Crippen molar-refractivity contribution in [2.45, 2.75) is 45.2 Å². The molecule has 1 aliphatic rings. The van der Waals surface area contributed by atoms with E-state index in [0.717, 1.165) is 23.4 Å². The Morgan fingerprint density at radius 1 is 1.17 bits per heavy atom. The van der Waals surface area contributed by atoms with Crippen LogP contribution in [0.4, 0.5) is 0 Å². The Balaban J connectivity index is 1.80. The van der Waals surface area contributed by atoms with Crippen LogP contribution in [-0.4, -0.2) is 38.5 Å². The highest BCUT2D eigenvalue weighted by molar-refractivity contribution is 5.93. The van der Waals surface area contributed by atoms with Gasteiger partial charge in [0.15, 0.2) is 6.54 Å². The van der Waals surface area contributed by atoms with E-state index in [2.05, 4.69) is 17.6 Å². The average Bonchev–Trinajstić information content (AvgIpc) is 2.56. The maximum Gasteiger partial charge on any atom is 0.275 e. The van der Waals surface area contributed by atoms with Crippen molar-refractivity contribution in [3.8, 4) is 0 Å². The Morgan fingerprint density at radius 3 is 2.46 bits per heavy atom. The predicted octanol–water partition coefficient (Wildman–Crippen LogP) is 0.756. The molecule has 1 aromatic carbocycles. The number of benzene rings is 1. The smallest absolute Gasteiger partial charge is 0.275 e. The topological polar surface area (TPSA) is 62.6 Å². The first kappa shape index (κ1) is 18.5. The molecule has 1 fully saturated rings. The van der Waals surface area contributed by atoms with Gasteiger partial charge in [-0.25, -0.2) is 0 Å². The third-order valence-corrected chi connectivity index (χ3v) is 4.87. The largest absolute Gasteiger partial charge is 0.355 e. The predicted molar refractivity (Wildman–Crippen MR) is 94.9 cm³/mol. The van der Waals surface area contributed by atoms with Gasteiger partial charge >= 0.3 is 0 Å². The molecule has 1 aliphatic carbocycles. The molecule has 3 N–H and O–H groups in total. The van der Waals surface area contributed by atoms with Gasteiger partial charge in [-0.15, -0.1) is 0 Å². The number of hydrogen-bond acceptors (Lipinski definition) is 2. The van der Waals surface area contributed by atoms with Crippen molar-refractivity contribution in [3.05, 3.63) is 35.4 Å². The van der Waals surface area contributed by atoms with Gasteiger partial charge in [-0.1, -0.05) is 31.9 Å². The molecule has 24 heavy (non-hydrogen) atoms. The van der Waals surface area contributed by atoms with Gasteiger partial charge in [0.05, 0.1) is 7.05 Å². The SMILES string of the molecule is CNC(=O)c1ccc(C[NH+](C)CC(=O)N[C@@H]2CCCC[C@@H]2C)cc1. The van der Waals surface area contributed by atoms with E-state index in [9.17, 15) is 9.59 Å². The third-order valence-electron chi connectivity index (χ3n) is 4.87. The number of amides is 2. The zero-order valence-corrected chi connectivity index (χ0v) is 15.0. The summed E-state index contributed by atoms with van der Waals surface area (Å²) in [6, 6.07) is 7.90. The summed E-state index contributed by atoms with van der Waals surface area (Å²) in [5.74, 6) is 0.636. The molecule has 2 rings (SSSR count). The van der Waals surface area contributed by atoms with Crippen molar-refractivity contribution in [1.82, 2.24) is 10.6 Å². The van der Waals surface area contributed by atoms with Crippen LogP contribution in [0, 0.1) is 5.92 Å². The van der Waals surface area contributed by atoms with E-state index in [-0.39, 0.29) is 11.8 Å². The molecule has 5 heteroatoms. The molecule has 0 saturated heterocycles. The van der Waals surface area contributed by atoms with Crippen LogP contribution in [0.2, 0.25) is 0 Å². The van der Waals surface area contributed by atoms with Crippen LogP contribution in [-0.2, 0) is 11.3 Å². The van der Waals surface area contributed by atoms with E-state index in [4.69, 9.17) is 0 Å². The van der Waals surface area contributed by atoms with E-state index >= 15 is 0 Å². The molecule has 1 saturated carbocycles. The summed E-state index contributed by atoms with van der Waals surface area (Å²) >= 11 is 0. The van der Waals surface area contributed by atoms with Gasteiger partial charge in [0.1, 0.15) is 6.54 Å². The monoisotopic (exact) mass is 332 g/mol.